The molecule has 0 bridgehead atoms. The van der Waals surface area contributed by atoms with Crippen LogP contribution in [0.25, 0.3) is 0 Å². The Labute approximate surface area is 81.7 Å². The highest BCUT2D eigenvalue weighted by molar-refractivity contribution is 7.98. The first-order chi connectivity index (χ1) is 6.41. The van der Waals surface area contributed by atoms with Crippen LogP contribution in [0.3, 0.4) is 0 Å². The van der Waals surface area contributed by atoms with Gasteiger partial charge in [0.15, 0.2) is 0 Å². The predicted octanol–water partition coefficient (Wildman–Crippen LogP) is 2.21. The van der Waals surface area contributed by atoms with Crippen molar-refractivity contribution in [2.24, 2.45) is 0 Å². The van der Waals surface area contributed by atoms with Gasteiger partial charge in [-0.15, -0.1) is 0 Å². The van der Waals surface area contributed by atoms with Gasteiger partial charge < -0.3 is 0 Å². The molecule has 1 saturated heterocycles. The molecule has 0 atom stereocenters. The maximum absolute atomic E-state index is 5.24. The van der Waals surface area contributed by atoms with Crippen molar-refractivity contribution in [1.82, 2.24) is 0 Å². The lowest BCUT2D eigenvalue weighted by Crippen LogP contribution is -2.39. The first-order valence-corrected chi connectivity index (χ1v) is 5.76. The molecular weight excluding hydrogens is 192 g/mol. The Balaban J connectivity index is 1.91. The van der Waals surface area contributed by atoms with Crippen molar-refractivity contribution in [3.05, 3.63) is 0 Å². The van der Waals surface area contributed by atoms with Crippen molar-refractivity contribution in [2.45, 2.75) is 37.9 Å². The fraction of sp³-hybridized carbons (Fsp3) is 1.00. The molecule has 4 nitrogen and oxygen atoms in total. The van der Waals surface area contributed by atoms with Crippen LogP contribution in [0.4, 0.5) is 0 Å². The van der Waals surface area contributed by atoms with Gasteiger partial charge in [-0.1, -0.05) is 18.2 Å². The highest BCUT2D eigenvalue weighted by atomic mass is 32.2. The molecule has 0 aromatic heterocycles. The molecule has 2 fully saturated rings. The van der Waals surface area contributed by atoms with E-state index in [0.29, 0.717) is 11.9 Å². The average Bonchev–Trinajstić information content (AvgIpc) is 2.14. The van der Waals surface area contributed by atoms with Crippen molar-refractivity contribution in [1.29, 1.82) is 0 Å². The Hall–Kier alpha value is 0.190. The van der Waals surface area contributed by atoms with Gasteiger partial charge >= 0.3 is 0 Å². The minimum Gasteiger partial charge on any atom is -0.223 e. The minimum atomic E-state index is -0.626. The number of hydrogen-bond acceptors (Lipinski definition) is 5. The van der Waals surface area contributed by atoms with E-state index in [1.807, 2.05) is 0 Å². The molecule has 0 N–H and O–H groups in total. The molecule has 2 rings (SSSR count). The maximum Gasteiger partial charge on any atom is 0.234 e. The van der Waals surface area contributed by atoms with E-state index in [9.17, 15) is 0 Å². The lowest BCUT2D eigenvalue weighted by molar-refractivity contribution is -0.512. The smallest absolute Gasteiger partial charge is 0.223 e. The first-order valence-electron chi connectivity index (χ1n) is 4.60. The van der Waals surface area contributed by atoms with Crippen LogP contribution in [-0.4, -0.2) is 17.7 Å². The molecule has 1 spiro atoms. The van der Waals surface area contributed by atoms with Crippen LogP contribution in [0.15, 0.2) is 0 Å². The summed E-state index contributed by atoms with van der Waals surface area (Å²) in [7, 11) is 0. The Morgan fingerprint density at radius 2 is 1.46 bits per heavy atom. The Morgan fingerprint density at radius 3 is 2.08 bits per heavy atom. The zero-order chi connectivity index (χ0) is 8.99. The van der Waals surface area contributed by atoms with Gasteiger partial charge in [0.05, 0.1) is 0 Å². The average molecular weight is 206 g/mol. The lowest BCUT2D eigenvalue weighted by Gasteiger charge is -2.34. The topological polar surface area (TPSA) is 36.9 Å². The molecule has 1 heterocycles. The second-order valence-electron chi connectivity index (χ2n) is 3.31. The minimum absolute atomic E-state index is 0.505. The molecule has 76 valence electrons. The molecule has 0 amide bonds. The highest BCUT2D eigenvalue weighted by Crippen LogP contribution is 2.34. The van der Waals surface area contributed by atoms with E-state index in [0.717, 1.165) is 25.7 Å². The van der Waals surface area contributed by atoms with E-state index >= 15 is 0 Å². The largest absolute Gasteiger partial charge is 0.234 e. The van der Waals surface area contributed by atoms with Crippen LogP contribution in [0.1, 0.15) is 32.1 Å². The SMILES string of the molecule is C1CCC2(CC1)OOCSCOO2. The summed E-state index contributed by atoms with van der Waals surface area (Å²) in [5.41, 5.74) is 0. The van der Waals surface area contributed by atoms with E-state index in [1.165, 1.54) is 18.2 Å². The van der Waals surface area contributed by atoms with Crippen molar-refractivity contribution < 1.29 is 19.6 Å². The van der Waals surface area contributed by atoms with E-state index in [4.69, 9.17) is 19.6 Å². The summed E-state index contributed by atoms with van der Waals surface area (Å²) in [5, 5.41) is 0. The first kappa shape index (κ1) is 9.73. The third-order valence-electron chi connectivity index (χ3n) is 2.30. The maximum atomic E-state index is 5.24. The fourth-order valence-corrected chi connectivity index (χ4v) is 1.94. The highest BCUT2D eigenvalue weighted by Gasteiger charge is 2.38. The second kappa shape index (κ2) is 4.61. The van der Waals surface area contributed by atoms with Gasteiger partial charge in [0.2, 0.25) is 5.79 Å². The van der Waals surface area contributed by atoms with Gasteiger partial charge in [0, 0.05) is 12.8 Å². The van der Waals surface area contributed by atoms with E-state index in [2.05, 4.69) is 0 Å². The molecule has 0 aromatic carbocycles. The van der Waals surface area contributed by atoms with Gasteiger partial charge in [0.25, 0.3) is 0 Å². The Bertz CT molecular complexity index is 148. The summed E-state index contributed by atoms with van der Waals surface area (Å²) >= 11 is 1.48. The fourth-order valence-electron chi connectivity index (χ4n) is 1.64. The monoisotopic (exact) mass is 206 g/mol. The second-order valence-corrected chi connectivity index (χ2v) is 4.19. The number of hydrogen-bond donors (Lipinski definition) is 0. The van der Waals surface area contributed by atoms with Crippen molar-refractivity contribution >= 4 is 11.8 Å². The summed E-state index contributed by atoms with van der Waals surface area (Å²) < 4.78 is 0. The number of thioether (sulfide) groups is 1. The van der Waals surface area contributed by atoms with E-state index in [-0.39, 0.29) is 0 Å². The van der Waals surface area contributed by atoms with Gasteiger partial charge in [-0.3, -0.25) is 0 Å². The van der Waals surface area contributed by atoms with Crippen LogP contribution in [0, 0.1) is 0 Å². The zero-order valence-electron chi connectivity index (χ0n) is 7.49. The van der Waals surface area contributed by atoms with E-state index < -0.39 is 5.79 Å². The molecule has 1 saturated carbocycles. The third-order valence-corrected chi connectivity index (χ3v) is 2.83. The van der Waals surface area contributed by atoms with Crippen molar-refractivity contribution in [3.63, 3.8) is 0 Å². The molecule has 1 aliphatic heterocycles. The van der Waals surface area contributed by atoms with Crippen molar-refractivity contribution in [3.8, 4) is 0 Å². The number of rotatable bonds is 0. The van der Waals surface area contributed by atoms with Gasteiger partial charge in [-0.2, -0.15) is 9.78 Å². The van der Waals surface area contributed by atoms with Crippen molar-refractivity contribution in [2.75, 3.05) is 11.9 Å². The summed E-state index contributed by atoms with van der Waals surface area (Å²) in [6.07, 6.45) is 5.18. The van der Waals surface area contributed by atoms with Crippen LogP contribution < -0.4 is 0 Å². The molecule has 0 aromatic rings. The lowest BCUT2D eigenvalue weighted by atomic mass is 9.94. The molecule has 0 unspecified atom stereocenters. The molecule has 0 radical (unpaired) electrons. The zero-order valence-corrected chi connectivity index (χ0v) is 8.31. The molecule has 1 aliphatic carbocycles. The van der Waals surface area contributed by atoms with Crippen LogP contribution in [0.5, 0.6) is 0 Å². The van der Waals surface area contributed by atoms with E-state index in [1.54, 1.807) is 0 Å². The summed E-state index contributed by atoms with van der Waals surface area (Å²) in [6, 6.07) is 0. The molecule has 2 aliphatic rings. The predicted molar refractivity (Wildman–Crippen MR) is 47.5 cm³/mol. The molecule has 5 heteroatoms. The molecular formula is C8H14O4S. The quantitative estimate of drug-likeness (QED) is 0.568. The Kier molecular flexibility index (Phi) is 3.45. The third kappa shape index (κ3) is 2.57. The summed E-state index contributed by atoms with van der Waals surface area (Å²) in [6.45, 7) is 0. The molecule has 13 heavy (non-hydrogen) atoms. The van der Waals surface area contributed by atoms with Crippen LogP contribution >= 0.6 is 11.8 Å². The van der Waals surface area contributed by atoms with Crippen LogP contribution in [-0.2, 0) is 19.6 Å². The Morgan fingerprint density at radius 1 is 0.846 bits per heavy atom. The van der Waals surface area contributed by atoms with Gasteiger partial charge in [-0.05, 0) is 12.8 Å². The summed E-state index contributed by atoms with van der Waals surface area (Å²) in [4.78, 5) is 20.5. The van der Waals surface area contributed by atoms with Gasteiger partial charge in [-0.25, -0.2) is 9.78 Å². The summed E-state index contributed by atoms with van der Waals surface area (Å²) in [5.74, 6) is 0.384. The standard InChI is InChI=1S/C8H14O4S/c1-2-4-8(5-3-1)11-9-6-13-7-10-12-8/h1-7H2. The van der Waals surface area contributed by atoms with Crippen LogP contribution in [0.2, 0.25) is 0 Å². The normalized spacial score (nSPS) is 29.5. The van der Waals surface area contributed by atoms with Gasteiger partial charge in [0.1, 0.15) is 11.9 Å².